The predicted molar refractivity (Wildman–Crippen MR) is 130 cm³/mol. The highest BCUT2D eigenvalue weighted by molar-refractivity contribution is 5.72. The minimum atomic E-state index is -0.246. The van der Waals surface area contributed by atoms with Crippen molar-refractivity contribution < 1.29 is 9.53 Å². The smallest absolute Gasteiger partial charge is 0.310 e. The average molecular weight is 449 g/mol. The van der Waals surface area contributed by atoms with Gasteiger partial charge in [-0.1, -0.05) is 30.4 Å². The van der Waals surface area contributed by atoms with Crippen LogP contribution in [0, 0.1) is 0 Å². The fraction of sp³-hybridized carbons (Fsp3) is 0.280. The van der Waals surface area contributed by atoms with E-state index in [4.69, 9.17) is 16.3 Å². The van der Waals surface area contributed by atoms with E-state index < -0.39 is 0 Å². The molecule has 0 radical (unpaired) electrons. The maximum atomic E-state index is 11.6. The summed E-state index contributed by atoms with van der Waals surface area (Å²) in [6.07, 6.45) is 11.8. The van der Waals surface area contributed by atoms with Gasteiger partial charge in [-0.25, -0.2) is 5.84 Å². The first-order chi connectivity index (χ1) is 16.0. The van der Waals surface area contributed by atoms with Crippen molar-refractivity contribution in [1.82, 2.24) is 15.2 Å². The van der Waals surface area contributed by atoms with Crippen LogP contribution in [-0.2, 0) is 22.5 Å². The van der Waals surface area contributed by atoms with E-state index in [0.29, 0.717) is 25.4 Å². The van der Waals surface area contributed by atoms with E-state index in [-0.39, 0.29) is 18.4 Å². The minimum Gasteiger partial charge on any atom is -0.466 e. The summed E-state index contributed by atoms with van der Waals surface area (Å²) in [7, 11) is 0. The van der Waals surface area contributed by atoms with Crippen molar-refractivity contribution in [1.29, 1.82) is 0 Å². The summed E-state index contributed by atoms with van der Waals surface area (Å²) in [6, 6.07) is 13.5. The second-order valence-corrected chi connectivity index (χ2v) is 7.77. The minimum absolute atomic E-state index is 0.187. The Labute approximate surface area is 195 Å². The highest BCUT2D eigenvalue weighted by Crippen LogP contribution is 2.15. The number of carbonyl (C=O) groups is 1. The van der Waals surface area contributed by atoms with Gasteiger partial charge in [0.2, 0.25) is 0 Å². The zero-order chi connectivity index (χ0) is 23.5. The summed E-state index contributed by atoms with van der Waals surface area (Å²) < 4.78 is 4.99. The van der Waals surface area contributed by atoms with Gasteiger partial charge in [0.05, 0.1) is 30.5 Å². The lowest BCUT2D eigenvalue weighted by Gasteiger charge is -2.27. The number of dihydropyridines is 1. The van der Waals surface area contributed by atoms with E-state index in [1.807, 2.05) is 60.8 Å². The Morgan fingerprint density at radius 3 is 2.70 bits per heavy atom. The molecule has 1 unspecified atom stereocenters. The Bertz CT molecular complexity index is 972. The summed E-state index contributed by atoms with van der Waals surface area (Å²) in [6.45, 7) is 4.12. The third-order valence-electron chi connectivity index (χ3n) is 5.03. The van der Waals surface area contributed by atoms with Crippen molar-refractivity contribution in [3.05, 3.63) is 96.2 Å². The Kier molecular flexibility index (Phi) is 9.05. The molecule has 8 nitrogen and oxygen atoms in total. The molecule has 1 aromatic carbocycles. The van der Waals surface area contributed by atoms with Gasteiger partial charge in [0.1, 0.15) is 0 Å². The molecule has 33 heavy (non-hydrogen) atoms. The third-order valence-corrected chi connectivity index (χ3v) is 5.03. The maximum Gasteiger partial charge on any atom is 0.310 e. The quantitative estimate of drug-likeness (QED) is 0.273. The van der Waals surface area contributed by atoms with Crippen LogP contribution in [0.15, 0.2) is 85.0 Å². The van der Waals surface area contributed by atoms with E-state index in [2.05, 4.69) is 21.3 Å². The SMILES string of the molecule is CCOC(=O)Cc1ccc(N(N)/C=C(\N)CN(Cc2ccccn2)CC2C=CC=CN2)cc1. The number of aromatic nitrogens is 1. The lowest BCUT2D eigenvalue weighted by Crippen LogP contribution is -2.40. The van der Waals surface area contributed by atoms with Crippen LogP contribution in [0.2, 0.25) is 0 Å². The molecule has 3 rings (SSSR count). The molecule has 2 heterocycles. The summed E-state index contributed by atoms with van der Waals surface area (Å²) in [5, 5.41) is 4.83. The Hall–Kier alpha value is -3.62. The molecule has 2 aromatic rings. The van der Waals surface area contributed by atoms with E-state index in [9.17, 15) is 4.79 Å². The van der Waals surface area contributed by atoms with Gasteiger partial charge >= 0.3 is 5.97 Å². The maximum absolute atomic E-state index is 11.6. The van der Waals surface area contributed by atoms with Gasteiger partial charge in [0.25, 0.3) is 0 Å². The van der Waals surface area contributed by atoms with Crippen LogP contribution < -0.4 is 21.9 Å². The number of anilines is 1. The van der Waals surface area contributed by atoms with E-state index in [0.717, 1.165) is 23.5 Å². The van der Waals surface area contributed by atoms with Gasteiger partial charge in [-0.15, -0.1) is 0 Å². The second-order valence-electron chi connectivity index (χ2n) is 7.77. The number of nitrogens with two attached hydrogens (primary N) is 2. The number of nitrogens with one attached hydrogen (secondary N) is 1. The molecule has 1 aromatic heterocycles. The van der Waals surface area contributed by atoms with Crippen molar-refractivity contribution >= 4 is 11.7 Å². The summed E-state index contributed by atoms with van der Waals surface area (Å²) in [5.74, 6) is 5.98. The van der Waals surface area contributed by atoms with Crippen molar-refractivity contribution in [2.45, 2.75) is 25.9 Å². The molecule has 0 bridgehead atoms. The fourth-order valence-corrected chi connectivity index (χ4v) is 3.50. The number of benzene rings is 1. The van der Waals surface area contributed by atoms with Gasteiger partial charge in [0.15, 0.2) is 0 Å². The number of hydrogen-bond donors (Lipinski definition) is 3. The zero-order valence-electron chi connectivity index (χ0n) is 18.9. The van der Waals surface area contributed by atoms with Crippen molar-refractivity contribution in [2.24, 2.45) is 11.6 Å². The number of carbonyl (C=O) groups excluding carboxylic acids is 1. The molecule has 0 spiro atoms. The molecule has 1 atom stereocenters. The summed E-state index contributed by atoms with van der Waals surface area (Å²) in [5.41, 5.74) is 9.60. The normalized spacial score (nSPS) is 15.4. The van der Waals surface area contributed by atoms with Crippen molar-refractivity contribution in [2.75, 3.05) is 24.7 Å². The monoisotopic (exact) mass is 448 g/mol. The highest BCUT2D eigenvalue weighted by atomic mass is 16.5. The third kappa shape index (κ3) is 8.10. The highest BCUT2D eigenvalue weighted by Gasteiger charge is 2.14. The number of pyridine rings is 1. The molecule has 0 saturated heterocycles. The lowest BCUT2D eigenvalue weighted by atomic mass is 10.1. The molecule has 0 fully saturated rings. The molecule has 174 valence electrons. The van der Waals surface area contributed by atoms with Crippen molar-refractivity contribution in [3.63, 3.8) is 0 Å². The number of hydrogen-bond acceptors (Lipinski definition) is 8. The number of rotatable bonds is 11. The van der Waals surface area contributed by atoms with E-state index >= 15 is 0 Å². The molecule has 1 aliphatic rings. The van der Waals surface area contributed by atoms with Crippen LogP contribution >= 0.6 is 0 Å². The molecule has 5 N–H and O–H groups in total. The zero-order valence-corrected chi connectivity index (χ0v) is 18.9. The van der Waals surface area contributed by atoms with E-state index in [1.165, 1.54) is 5.01 Å². The molecule has 0 amide bonds. The summed E-state index contributed by atoms with van der Waals surface area (Å²) in [4.78, 5) is 18.3. The number of nitrogens with zero attached hydrogens (tertiary/aromatic N) is 3. The van der Waals surface area contributed by atoms with Crippen LogP contribution in [0.4, 0.5) is 5.69 Å². The van der Waals surface area contributed by atoms with Crippen LogP contribution in [0.1, 0.15) is 18.2 Å². The molecular weight excluding hydrogens is 416 g/mol. The average Bonchev–Trinajstić information content (AvgIpc) is 2.81. The molecule has 8 heteroatoms. The Morgan fingerprint density at radius 2 is 2.03 bits per heavy atom. The topological polar surface area (TPSA) is 110 Å². The molecule has 0 saturated carbocycles. The van der Waals surface area contributed by atoms with Crippen molar-refractivity contribution in [3.8, 4) is 0 Å². The largest absolute Gasteiger partial charge is 0.466 e. The number of allylic oxidation sites excluding steroid dienone is 2. The second kappa shape index (κ2) is 12.4. The first kappa shape index (κ1) is 24.0. The van der Waals surface area contributed by atoms with Crippen LogP contribution in [0.5, 0.6) is 0 Å². The van der Waals surface area contributed by atoms with Crippen LogP contribution in [-0.4, -0.2) is 41.6 Å². The van der Waals surface area contributed by atoms with Crippen LogP contribution in [0.25, 0.3) is 0 Å². The Balaban J connectivity index is 1.63. The van der Waals surface area contributed by atoms with Gasteiger partial charge < -0.3 is 15.8 Å². The first-order valence-electron chi connectivity index (χ1n) is 11.0. The fourth-order valence-electron chi connectivity index (χ4n) is 3.50. The predicted octanol–water partition coefficient (Wildman–Crippen LogP) is 2.21. The molecule has 0 aliphatic carbocycles. The summed E-state index contributed by atoms with van der Waals surface area (Å²) >= 11 is 0. The van der Waals surface area contributed by atoms with Gasteiger partial charge in [-0.2, -0.15) is 0 Å². The van der Waals surface area contributed by atoms with Crippen LogP contribution in [0.3, 0.4) is 0 Å². The Morgan fingerprint density at radius 1 is 1.21 bits per heavy atom. The van der Waals surface area contributed by atoms with Gasteiger partial charge in [-0.05, 0) is 49.0 Å². The lowest BCUT2D eigenvalue weighted by molar-refractivity contribution is -0.142. The standard InChI is InChI=1S/C25H32N6O2/c1-2-33-25(32)15-20-9-11-24(12-10-20)31(27)17-21(26)16-30(18-22-7-3-5-13-28-22)19-23-8-4-6-14-29-23/h3-14,17,22,28H,2,15-16,18-19,26-27H2,1H3/b21-17-. The number of ether oxygens (including phenoxy) is 1. The molecular formula is C25H32N6O2. The molecule has 1 aliphatic heterocycles. The number of esters is 1. The van der Waals surface area contributed by atoms with Gasteiger partial charge in [0, 0.05) is 37.7 Å². The van der Waals surface area contributed by atoms with Gasteiger partial charge in [-0.3, -0.25) is 19.7 Å². The van der Waals surface area contributed by atoms with E-state index in [1.54, 1.807) is 19.3 Å². The first-order valence-corrected chi connectivity index (χ1v) is 11.0. The number of hydrazine groups is 1.